The summed E-state index contributed by atoms with van der Waals surface area (Å²) in [6.45, 7) is 8.95. The molecular formula is C64H126CaO8S2. The topological polar surface area (TPSA) is 133 Å². The predicted molar refractivity (Wildman–Crippen MR) is 325 cm³/mol. The van der Waals surface area contributed by atoms with Gasteiger partial charge in [0, 0.05) is 11.8 Å². The Bertz CT molecular complexity index is 1260. The second kappa shape index (κ2) is 65.3. The molecule has 444 valence electrons. The van der Waals surface area contributed by atoms with Gasteiger partial charge < -0.3 is 9.11 Å². The molecule has 0 spiro atoms. The zero-order valence-corrected chi connectivity index (χ0v) is 54.3. The quantitative estimate of drug-likeness (QED) is 0.0193. The smallest absolute Gasteiger partial charge is 0.726 e. The van der Waals surface area contributed by atoms with Crippen LogP contribution in [0.25, 0.3) is 0 Å². The van der Waals surface area contributed by atoms with Crippen molar-refractivity contribution in [1.82, 2.24) is 0 Å². The molecule has 8 nitrogen and oxygen atoms in total. The van der Waals surface area contributed by atoms with E-state index in [2.05, 4.69) is 60.4 Å². The number of hydrogen-bond donors (Lipinski definition) is 0. The fourth-order valence-electron chi connectivity index (χ4n) is 10.1. The Morgan fingerprint density at radius 2 is 0.467 bits per heavy atom. The van der Waals surface area contributed by atoms with Crippen LogP contribution in [0.3, 0.4) is 0 Å². The molecule has 0 radical (unpaired) electrons. The van der Waals surface area contributed by atoms with Crippen molar-refractivity contribution in [1.29, 1.82) is 0 Å². The van der Waals surface area contributed by atoms with Gasteiger partial charge in [-0.3, -0.25) is 8.37 Å². The summed E-state index contributed by atoms with van der Waals surface area (Å²) < 4.78 is 74.1. The van der Waals surface area contributed by atoms with Crippen molar-refractivity contribution in [2.24, 2.45) is 11.8 Å². The summed E-state index contributed by atoms with van der Waals surface area (Å²) >= 11 is 0. The minimum atomic E-state index is -4.61. The van der Waals surface area contributed by atoms with E-state index >= 15 is 0 Å². The Morgan fingerprint density at radius 1 is 0.293 bits per heavy atom. The summed E-state index contributed by atoms with van der Waals surface area (Å²) in [5, 5.41) is 0. The molecule has 0 aromatic rings. The van der Waals surface area contributed by atoms with E-state index in [9.17, 15) is 25.9 Å². The summed E-state index contributed by atoms with van der Waals surface area (Å²) in [6.07, 6.45) is 76.6. The van der Waals surface area contributed by atoms with E-state index in [-0.39, 0.29) is 62.8 Å². The minimum Gasteiger partial charge on any atom is -0.726 e. The fourth-order valence-corrected chi connectivity index (χ4v) is 10.8. The van der Waals surface area contributed by atoms with Crippen LogP contribution >= 0.6 is 0 Å². The van der Waals surface area contributed by atoms with E-state index in [1.807, 2.05) is 0 Å². The average Bonchev–Trinajstić information content (AvgIpc) is 3.37. The van der Waals surface area contributed by atoms with Gasteiger partial charge in [0.15, 0.2) is 0 Å². The monoisotopic (exact) mass is 1130 g/mol. The van der Waals surface area contributed by atoms with Crippen LogP contribution in [0, 0.1) is 11.8 Å². The van der Waals surface area contributed by atoms with E-state index in [0.717, 1.165) is 51.4 Å². The van der Waals surface area contributed by atoms with Crippen molar-refractivity contribution in [3.8, 4) is 0 Å². The summed E-state index contributed by atoms with van der Waals surface area (Å²) in [5.74, 6) is 0.0379. The second-order valence-corrected chi connectivity index (χ2v) is 24.6. The van der Waals surface area contributed by atoms with E-state index in [4.69, 9.17) is 0 Å². The summed E-state index contributed by atoms with van der Waals surface area (Å²) in [7, 11) is -9.22. The zero-order valence-electron chi connectivity index (χ0n) is 50.4. The van der Waals surface area contributed by atoms with Crippen LogP contribution in [-0.4, -0.2) is 76.9 Å². The van der Waals surface area contributed by atoms with Crippen LogP contribution in [0.15, 0.2) is 24.3 Å². The van der Waals surface area contributed by atoms with Gasteiger partial charge in [0.2, 0.25) is 20.8 Å². The molecule has 2 unspecified atom stereocenters. The molecule has 0 heterocycles. The second-order valence-electron chi connectivity index (χ2n) is 22.5. The van der Waals surface area contributed by atoms with Crippen LogP contribution in [0.1, 0.15) is 362 Å². The maximum Gasteiger partial charge on any atom is 2.00 e. The van der Waals surface area contributed by atoms with Gasteiger partial charge >= 0.3 is 37.7 Å². The zero-order chi connectivity index (χ0) is 54.6. The molecule has 0 aliphatic heterocycles. The molecule has 0 aromatic carbocycles. The average molecular weight is 1130 g/mol. The van der Waals surface area contributed by atoms with E-state index < -0.39 is 20.8 Å². The first-order valence-corrected chi connectivity index (χ1v) is 35.2. The summed E-state index contributed by atoms with van der Waals surface area (Å²) in [5.41, 5.74) is 0. The molecule has 0 saturated heterocycles. The fraction of sp³-hybridized carbons (Fsp3) is 0.938. The van der Waals surface area contributed by atoms with Gasteiger partial charge in [-0.2, -0.15) is 0 Å². The van der Waals surface area contributed by atoms with Crippen LogP contribution in [0.4, 0.5) is 0 Å². The summed E-state index contributed by atoms with van der Waals surface area (Å²) in [4.78, 5) is 0. The van der Waals surface area contributed by atoms with Crippen molar-refractivity contribution >= 4 is 58.5 Å². The van der Waals surface area contributed by atoms with Gasteiger partial charge in [-0.1, -0.05) is 347 Å². The van der Waals surface area contributed by atoms with Crippen molar-refractivity contribution < 1.29 is 34.3 Å². The van der Waals surface area contributed by atoms with E-state index in [1.165, 1.54) is 283 Å². The number of allylic oxidation sites excluding steroid dienone is 2. The van der Waals surface area contributed by atoms with Crippen molar-refractivity contribution in [2.45, 2.75) is 362 Å². The van der Waals surface area contributed by atoms with Gasteiger partial charge in [-0.25, -0.2) is 16.8 Å². The molecule has 0 aromatic heterocycles. The molecule has 0 bridgehead atoms. The first-order valence-electron chi connectivity index (χ1n) is 32.5. The van der Waals surface area contributed by atoms with Crippen molar-refractivity contribution in [3.05, 3.63) is 24.3 Å². The largest absolute Gasteiger partial charge is 2.00 e. The third-order valence-electron chi connectivity index (χ3n) is 15.0. The number of unbranched alkanes of at least 4 members (excludes halogenated alkanes) is 46. The predicted octanol–water partition coefficient (Wildman–Crippen LogP) is 21.3. The Morgan fingerprint density at radius 3 is 0.653 bits per heavy atom. The molecule has 0 saturated carbocycles. The van der Waals surface area contributed by atoms with Gasteiger partial charge in [-0.05, 0) is 38.5 Å². The molecule has 2 atom stereocenters. The van der Waals surface area contributed by atoms with Gasteiger partial charge in [0.1, 0.15) is 0 Å². The molecule has 75 heavy (non-hydrogen) atoms. The van der Waals surface area contributed by atoms with Gasteiger partial charge in [0.05, 0.1) is 13.2 Å². The molecule has 0 rings (SSSR count). The molecule has 0 amide bonds. The van der Waals surface area contributed by atoms with E-state index in [0.29, 0.717) is 0 Å². The van der Waals surface area contributed by atoms with Crippen molar-refractivity contribution in [2.75, 3.05) is 13.2 Å². The van der Waals surface area contributed by atoms with E-state index in [1.54, 1.807) is 0 Å². The summed E-state index contributed by atoms with van der Waals surface area (Å²) in [6, 6.07) is 0. The minimum absolute atomic E-state index is 0. The molecule has 11 heteroatoms. The number of rotatable bonds is 60. The molecular weight excluding hydrogens is 1000 g/mol. The Hall–Kier alpha value is 0.480. The van der Waals surface area contributed by atoms with Crippen LogP contribution in [-0.2, 0) is 29.2 Å². The molecule has 0 N–H and O–H groups in total. The Kier molecular flexibility index (Phi) is 69.4. The van der Waals surface area contributed by atoms with Gasteiger partial charge in [-0.15, -0.1) is 0 Å². The SMILES string of the molecule is CCCCCCCCCCCCCCCCCCCC/C=C/C(CCCCCCCC)COS(=O)(=O)[O-].CCCCCCCCCCCCCCCCCCCC/C=C/C(CCCCCCCC)COS(=O)(=O)[O-].[Ca+2]. The number of hydrogen-bond acceptors (Lipinski definition) is 8. The van der Waals surface area contributed by atoms with Crippen LogP contribution in [0.2, 0.25) is 0 Å². The van der Waals surface area contributed by atoms with Crippen LogP contribution in [0.5, 0.6) is 0 Å². The maximum atomic E-state index is 10.8. The molecule has 0 aliphatic carbocycles. The Labute approximate surface area is 499 Å². The first kappa shape index (κ1) is 79.7. The molecule has 0 aliphatic rings. The maximum absolute atomic E-state index is 10.8. The van der Waals surface area contributed by atoms with Crippen LogP contribution < -0.4 is 0 Å². The first-order chi connectivity index (χ1) is 36.0. The standard InChI is InChI=1S/2C32H64O4S.Ca/c2*1-3-5-7-9-11-12-13-14-15-16-17-18-19-20-21-22-23-24-26-28-30-32(31-36-37(33,34)35)29-27-25-10-8-6-4-2;/h2*28,30,32H,3-27,29,31H2,1-2H3,(H,33,34,35);/q;;+2/p-2/b2*30-28+;. The van der Waals surface area contributed by atoms with Gasteiger partial charge in [0.25, 0.3) is 0 Å². The Balaban J connectivity index is -0.00000136. The third kappa shape index (κ3) is 74.5. The third-order valence-corrected chi connectivity index (χ3v) is 15.8. The molecule has 0 fully saturated rings. The van der Waals surface area contributed by atoms with Crippen molar-refractivity contribution in [3.63, 3.8) is 0 Å². The normalized spacial score (nSPS) is 12.9.